The second-order valence-corrected chi connectivity index (χ2v) is 1.87. The van der Waals surface area contributed by atoms with Crippen LogP contribution in [0.5, 0.6) is 0 Å². The van der Waals surface area contributed by atoms with Gasteiger partial charge < -0.3 is 0 Å². The molecule has 0 aliphatic rings. The first-order valence-electron chi connectivity index (χ1n) is 2.90. The zero-order chi connectivity index (χ0) is 8.91. The summed E-state index contributed by atoms with van der Waals surface area (Å²) in [6, 6.07) is 0. The van der Waals surface area contributed by atoms with Crippen molar-refractivity contribution in [2.45, 2.75) is 12.6 Å². The molecule has 0 saturated heterocycles. The lowest BCUT2D eigenvalue weighted by Crippen LogP contribution is -2.09. The zero-order valence-electron chi connectivity index (χ0n) is 6.10. The van der Waals surface area contributed by atoms with Crippen molar-refractivity contribution in [3.05, 3.63) is 12.8 Å². The van der Waals surface area contributed by atoms with Gasteiger partial charge in [0.1, 0.15) is 0 Å². The Bertz CT molecular complexity index is 150. The van der Waals surface area contributed by atoms with E-state index in [1.165, 1.54) is 18.3 Å². The summed E-state index contributed by atoms with van der Waals surface area (Å²) < 4.78 is 34.4. The Kier molecular flexibility index (Phi) is 3.64. The van der Waals surface area contributed by atoms with Gasteiger partial charge in [0.2, 0.25) is 0 Å². The fraction of sp³-hybridized carbons (Fsp3) is 0.500. The highest BCUT2D eigenvalue weighted by molar-refractivity contribution is 5.57. The number of hydrogen-bond donors (Lipinski definition) is 0. The van der Waals surface area contributed by atoms with Gasteiger partial charge in [-0.3, -0.25) is 5.01 Å². The van der Waals surface area contributed by atoms with Crippen molar-refractivity contribution in [1.82, 2.24) is 5.01 Å². The number of alkyl halides is 3. The van der Waals surface area contributed by atoms with Gasteiger partial charge in [0, 0.05) is 19.5 Å². The van der Waals surface area contributed by atoms with Gasteiger partial charge in [-0.1, -0.05) is 6.58 Å². The smallest absolute Gasteiger partial charge is 0.277 e. The Morgan fingerprint density at radius 3 is 2.45 bits per heavy atom. The van der Waals surface area contributed by atoms with Crippen LogP contribution in [0.3, 0.4) is 0 Å². The number of nitrogens with zero attached hydrogens (tertiary/aromatic N) is 2. The van der Waals surface area contributed by atoms with E-state index in [0.717, 1.165) is 6.21 Å². The molecule has 2 nitrogen and oxygen atoms in total. The van der Waals surface area contributed by atoms with Crippen molar-refractivity contribution in [3.8, 4) is 0 Å². The van der Waals surface area contributed by atoms with Gasteiger partial charge in [-0.15, -0.1) is 0 Å². The fourth-order valence-electron chi connectivity index (χ4n) is 0.320. The summed E-state index contributed by atoms with van der Waals surface area (Å²) in [4.78, 5) is 0. The highest BCUT2D eigenvalue weighted by Crippen LogP contribution is 2.17. The van der Waals surface area contributed by atoms with Crippen LogP contribution in [-0.4, -0.2) is 24.4 Å². The maximum absolute atomic E-state index is 11.5. The normalized spacial score (nSPS) is 12.0. The fourth-order valence-corrected chi connectivity index (χ4v) is 0.320. The van der Waals surface area contributed by atoms with Crippen LogP contribution in [0.25, 0.3) is 0 Å². The minimum atomic E-state index is -4.18. The number of halogens is 3. The lowest BCUT2D eigenvalue weighted by Gasteiger charge is -2.04. The highest BCUT2D eigenvalue weighted by atomic mass is 19.4. The molecule has 0 fully saturated rings. The zero-order valence-corrected chi connectivity index (χ0v) is 6.10. The summed E-state index contributed by atoms with van der Waals surface area (Å²) in [5, 5.41) is 4.60. The Balaban J connectivity index is 3.69. The summed E-state index contributed by atoms with van der Waals surface area (Å²) in [5.41, 5.74) is 0. The van der Waals surface area contributed by atoms with Crippen molar-refractivity contribution in [1.29, 1.82) is 0 Å². The molecule has 0 saturated carbocycles. The molecule has 0 atom stereocenters. The lowest BCUT2D eigenvalue weighted by molar-refractivity contribution is -0.120. The standard InChI is InChI=1S/C6H9F3N2/c1-3-11(2)10-5-4-6(7,8)9/h3,5H,1,4H2,2H3/b10-5-. The van der Waals surface area contributed by atoms with Crippen molar-refractivity contribution in [2.75, 3.05) is 7.05 Å². The highest BCUT2D eigenvalue weighted by Gasteiger charge is 2.25. The molecule has 11 heavy (non-hydrogen) atoms. The third kappa shape index (κ3) is 6.89. The molecule has 0 bridgehead atoms. The second kappa shape index (κ2) is 4.00. The third-order valence-electron chi connectivity index (χ3n) is 0.851. The molecule has 64 valence electrons. The van der Waals surface area contributed by atoms with Gasteiger partial charge in [0.25, 0.3) is 0 Å². The lowest BCUT2D eigenvalue weighted by atomic mass is 10.5. The van der Waals surface area contributed by atoms with E-state index < -0.39 is 12.6 Å². The largest absolute Gasteiger partial charge is 0.394 e. The topological polar surface area (TPSA) is 15.6 Å². The predicted molar refractivity (Wildman–Crippen MR) is 37.1 cm³/mol. The summed E-state index contributed by atoms with van der Waals surface area (Å²) in [6.45, 7) is 3.31. The molecule has 0 heterocycles. The third-order valence-corrected chi connectivity index (χ3v) is 0.851. The van der Waals surface area contributed by atoms with Crippen LogP contribution in [0.15, 0.2) is 17.9 Å². The van der Waals surface area contributed by atoms with Crippen LogP contribution >= 0.6 is 0 Å². The van der Waals surface area contributed by atoms with Gasteiger partial charge >= 0.3 is 6.18 Å². The number of hydrogen-bond acceptors (Lipinski definition) is 2. The Hall–Kier alpha value is -1.00. The quantitative estimate of drug-likeness (QED) is 0.462. The van der Waals surface area contributed by atoms with Gasteiger partial charge in [-0.2, -0.15) is 18.3 Å². The molecule has 0 rings (SSSR count). The van der Waals surface area contributed by atoms with Crippen molar-refractivity contribution in [3.63, 3.8) is 0 Å². The Morgan fingerprint density at radius 1 is 1.55 bits per heavy atom. The van der Waals surface area contributed by atoms with Gasteiger partial charge in [-0.25, -0.2) is 0 Å². The second-order valence-electron chi connectivity index (χ2n) is 1.87. The van der Waals surface area contributed by atoms with E-state index in [9.17, 15) is 13.2 Å². The van der Waals surface area contributed by atoms with Crippen LogP contribution in [0.1, 0.15) is 6.42 Å². The molecule has 0 amide bonds. The molecular formula is C6H9F3N2. The van der Waals surface area contributed by atoms with Crippen LogP contribution in [0.2, 0.25) is 0 Å². The minimum absolute atomic E-state index is 0.793. The molecule has 0 spiro atoms. The molecule has 0 aromatic rings. The van der Waals surface area contributed by atoms with E-state index in [4.69, 9.17) is 0 Å². The van der Waals surface area contributed by atoms with E-state index in [-0.39, 0.29) is 0 Å². The number of hydrazone groups is 1. The molecule has 0 aliphatic carbocycles. The monoisotopic (exact) mass is 166 g/mol. The molecule has 0 unspecified atom stereocenters. The number of rotatable bonds is 3. The molecular weight excluding hydrogens is 157 g/mol. The van der Waals surface area contributed by atoms with E-state index in [1.807, 2.05) is 0 Å². The SMILES string of the molecule is C=CN(C)/N=C\CC(F)(F)F. The molecule has 0 aliphatic heterocycles. The van der Waals surface area contributed by atoms with Crippen molar-refractivity contribution < 1.29 is 13.2 Å². The first-order valence-corrected chi connectivity index (χ1v) is 2.90. The van der Waals surface area contributed by atoms with Crippen LogP contribution in [0.4, 0.5) is 13.2 Å². The van der Waals surface area contributed by atoms with E-state index in [0.29, 0.717) is 0 Å². The van der Waals surface area contributed by atoms with Gasteiger partial charge in [0.05, 0.1) is 6.42 Å². The van der Waals surface area contributed by atoms with Crippen LogP contribution in [-0.2, 0) is 0 Å². The summed E-state index contributed by atoms with van der Waals surface area (Å²) in [6.07, 6.45) is -3.08. The van der Waals surface area contributed by atoms with E-state index in [2.05, 4.69) is 11.7 Å². The van der Waals surface area contributed by atoms with Crippen molar-refractivity contribution >= 4 is 6.21 Å². The van der Waals surface area contributed by atoms with Crippen LogP contribution in [0, 0.1) is 0 Å². The van der Waals surface area contributed by atoms with E-state index >= 15 is 0 Å². The molecule has 0 radical (unpaired) electrons. The molecule has 0 N–H and O–H groups in total. The average molecular weight is 166 g/mol. The Morgan fingerprint density at radius 2 is 2.09 bits per heavy atom. The molecule has 0 aromatic carbocycles. The van der Waals surface area contributed by atoms with Crippen LogP contribution < -0.4 is 0 Å². The minimum Gasteiger partial charge on any atom is -0.277 e. The summed E-state index contributed by atoms with van der Waals surface area (Å²) >= 11 is 0. The van der Waals surface area contributed by atoms with E-state index in [1.54, 1.807) is 0 Å². The van der Waals surface area contributed by atoms with Gasteiger partial charge in [-0.05, 0) is 0 Å². The predicted octanol–water partition coefficient (Wildman–Crippen LogP) is 2.00. The van der Waals surface area contributed by atoms with Gasteiger partial charge in [0.15, 0.2) is 0 Å². The molecule has 0 aromatic heterocycles. The summed E-state index contributed by atoms with van der Waals surface area (Å²) in [7, 11) is 1.50. The van der Waals surface area contributed by atoms with Crippen molar-refractivity contribution in [2.24, 2.45) is 5.10 Å². The molecule has 5 heteroatoms. The first-order chi connectivity index (χ1) is 4.95. The Labute approximate surface area is 63.0 Å². The maximum atomic E-state index is 11.5. The maximum Gasteiger partial charge on any atom is 0.394 e. The first kappa shape index (κ1) is 10.0. The average Bonchev–Trinajstić information content (AvgIpc) is 1.85. The summed E-state index contributed by atoms with van der Waals surface area (Å²) in [5.74, 6) is 0.